The van der Waals surface area contributed by atoms with Crippen molar-refractivity contribution in [1.82, 2.24) is 10.3 Å². The Morgan fingerprint density at radius 2 is 2.40 bits per heavy atom. The van der Waals surface area contributed by atoms with Gasteiger partial charge in [0.05, 0.1) is 13.6 Å². The van der Waals surface area contributed by atoms with E-state index in [0.717, 1.165) is 11.4 Å². The number of nitrogens with one attached hydrogen (secondary N) is 1. The normalized spacial score (nSPS) is 11.6. The molecule has 0 bridgehead atoms. The molecule has 78 valence electrons. The van der Waals surface area contributed by atoms with E-state index in [2.05, 4.69) is 10.3 Å². The van der Waals surface area contributed by atoms with Crippen molar-refractivity contribution in [2.24, 2.45) is 0 Å². The van der Waals surface area contributed by atoms with Gasteiger partial charge in [0, 0.05) is 23.9 Å². The molecule has 0 unspecified atom stereocenters. The van der Waals surface area contributed by atoms with Crippen LogP contribution in [0.25, 0.3) is 0 Å². The summed E-state index contributed by atoms with van der Waals surface area (Å²) >= 11 is 5.66. The Labute approximate surface area is 93.8 Å². The molecular weight excluding hydrogens is 212 g/mol. The van der Waals surface area contributed by atoms with Gasteiger partial charge in [-0.1, -0.05) is 17.7 Å². The Bertz CT molecular complexity index is 402. The van der Waals surface area contributed by atoms with Gasteiger partial charge in [-0.15, -0.1) is 0 Å². The minimum absolute atomic E-state index is 0.480. The molecule has 1 heterocycles. The standard InChI is InChI=1S/C10H11ClN4/c1-8(15(2)7-12)13-5-9-3-4-10(11)14-6-9/h3-4,6H,5H2,1-2H3/p+1. The first-order valence-corrected chi connectivity index (χ1v) is 4.82. The van der Waals surface area contributed by atoms with Crippen LogP contribution < -0.4 is 5.32 Å². The molecule has 0 amide bonds. The maximum absolute atomic E-state index is 8.62. The molecule has 0 fully saturated rings. The number of nitrogens with zero attached hydrogens (tertiary/aromatic N) is 3. The molecule has 0 saturated heterocycles. The third kappa shape index (κ3) is 3.56. The fourth-order valence-corrected chi connectivity index (χ4v) is 1.05. The van der Waals surface area contributed by atoms with Gasteiger partial charge >= 0.3 is 6.19 Å². The van der Waals surface area contributed by atoms with Crippen molar-refractivity contribution in [2.75, 3.05) is 7.05 Å². The molecule has 4 nitrogen and oxygen atoms in total. The second-order valence-electron chi connectivity index (χ2n) is 3.09. The van der Waals surface area contributed by atoms with Gasteiger partial charge in [0.15, 0.2) is 0 Å². The molecule has 0 aromatic carbocycles. The van der Waals surface area contributed by atoms with Crippen molar-refractivity contribution >= 4 is 17.4 Å². The number of nitriles is 1. The van der Waals surface area contributed by atoms with Crippen LogP contribution in [0.3, 0.4) is 0 Å². The number of rotatable bonds is 2. The Balaban J connectivity index is 2.59. The minimum atomic E-state index is 0.480. The number of pyridine rings is 1. The highest BCUT2D eigenvalue weighted by atomic mass is 35.5. The Morgan fingerprint density at radius 3 is 2.93 bits per heavy atom. The maximum Gasteiger partial charge on any atom is 0.369 e. The number of halogens is 1. The SMILES string of the molecule is CC(NCc1ccc(Cl)nc1)=[N+](C)C#N. The van der Waals surface area contributed by atoms with Crippen molar-refractivity contribution in [3.8, 4) is 6.19 Å². The number of hydrogen-bond acceptors (Lipinski definition) is 2. The van der Waals surface area contributed by atoms with Gasteiger partial charge in [-0.05, 0) is 6.07 Å². The topological polar surface area (TPSA) is 51.7 Å². The fraction of sp³-hybridized carbons (Fsp3) is 0.300. The predicted molar refractivity (Wildman–Crippen MR) is 58.6 cm³/mol. The molecule has 0 spiro atoms. The third-order valence-electron chi connectivity index (χ3n) is 1.99. The molecule has 1 aromatic rings. The zero-order chi connectivity index (χ0) is 11.3. The van der Waals surface area contributed by atoms with Crippen LogP contribution >= 0.6 is 11.6 Å². The zero-order valence-corrected chi connectivity index (χ0v) is 9.41. The highest BCUT2D eigenvalue weighted by Gasteiger charge is 2.01. The van der Waals surface area contributed by atoms with Crippen molar-refractivity contribution in [3.05, 3.63) is 29.0 Å². The summed E-state index contributed by atoms with van der Waals surface area (Å²) in [6.07, 6.45) is 3.71. The quantitative estimate of drug-likeness (QED) is 0.206. The van der Waals surface area contributed by atoms with Crippen LogP contribution in [0, 0.1) is 11.5 Å². The molecular formula is C10H12ClN4+. The van der Waals surface area contributed by atoms with Crippen LogP contribution in [-0.4, -0.2) is 22.4 Å². The van der Waals surface area contributed by atoms with E-state index in [1.807, 2.05) is 19.2 Å². The van der Waals surface area contributed by atoms with E-state index in [4.69, 9.17) is 16.9 Å². The monoisotopic (exact) mass is 223 g/mol. The highest BCUT2D eigenvalue weighted by molar-refractivity contribution is 6.29. The summed E-state index contributed by atoms with van der Waals surface area (Å²) in [6, 6.07) is 3.63. The second kappa shape index (κ2) is 5.32. The summed E-state index contributed by atoms with van der Waals surface area (Å²) in [5.74, 6) is 0.799. The Hall–Kier alpha value is -1.60. The summed E-state index contributed by atoms with van der Waals surface area (Å²) in [5, 5.41) is 12.2. The van der Waals surface area contributed by atoms with E-state index in [0.29, 0.717) is 11.7 Å². The first kappa shape index (κ1) is 11.5. The molecule has 15 heavy (non-hydrogen) atoms. The van der Waals surface area contributed by atoms with Crippen molar-refractivity contribution in [1.29, 1.82) is 5.26 Å². The molecule has 1 rings (SSSR count). The average molecular weight is 224 g/mol. The second-order valence-corrected chi connectivity index (χ2v) is 3.47. The molecule has 1 N–H and O–H groups in total. The van der Waals surface area contributed by atoms with Crippen molar-refractivity contribution in [2.45, 2.75) is 13.5 Å². The average Bonchev–Trinajstić information content (AvgIpc) is 2.26. The molecule has 0 aliphatic heterocycles. The molecule has 0 radical (unpaired) electrons. The van der Waals surface area contributed by atoms with Gasteiger partial charge in [-0.3, -0.25) is 0 Å². The van der Waals surface area contributed by atoms with Gasteiger partial charge in [0.1, 0.15) is 5.15 Å². The summed E-state index contributed by atoms with van der Waals surface area (Å²) in [4.78, 5) is 3.96. The van der Waals surface area contributed by atoms with Gasteiger partial charge in [-0.2, -0.15) is 4.58 Å². The lowest BCUT2D eigenvalue weighted by Gasteiger charge is -2.02. The van der Waals surface area contributed by atoms with Gasteiger partial charge in [0.25, 0.3) is 0 Å². The van der Waals surface area contributed by atoms with E-state index in [-0.39, 0.29) is 0 Å². The maximum atomic E-state index is 8.62. The number of hydrogen-bond donors (Lipinski definition) is 1. The van der Waals surface area contributed by atoms with Crippen LogP contribution in [0.15, 0.2) is 18.3 Å². The van der Waals surface area contributed by atoms with E-state index in [1.165, 1.54) is 4.58 Å². The van der Waals surface area contributed by atoms with E-state index >= 15 is 0 Å². The molecule has 0 aliphatic rings. The summed E-state index contributed by atoms with van der Waals surface area (Å²) in [6.45, 7) is 2.47. The van der Waals surface area contributed by atoms with E-state index in [9.17, 15) is 0 Å². The highest BCUT2D eigenvalue weighted by Crippen LogP contribution is 2.04. The van der Waals surface area contributed by atoms with Crippen LogP contribution in [0.5, 0.6) is 0 Å². The van der Waals surface area contributed by atoms with Crippen LogP contribution in [0.2, 0.25) is 5.15 Å². The van der Waals surface area contributed by atoms with Crippen molar-refractivity contribution < 1.29 is 4.58 Å². The lowest BCUT2D eigenvalue weighted by Crippen LogP contribution is -2.26. The van der Waals surface area contributed by atoms with Crippen LogP contribution in [-0.2, 0) is 6.54 Å². The lowest BCUT2D eigenvalue weighted by molar-refractivity contribution is -0.406. The van der Waals surface area contributed by atoms with Crippen molar-refractivity contribution in [3.63, 3.8) is 0 Å². The molecule has 0 atom stereocenters. The molecule has 5 heteroatoms. The fourth-order valence-electron chi connectivity index (χ4n) is 0.935. The first-order chi connectivity index (χ1) is 7.13. The lowest BCUT2D eigenvalue weighted by atomic mass is 10.3. The number of amidine groups is 1. The minimum Gasteiger partial charge on any atom is -0.305 e. The van der Waals surface area contributed by atoms with Gasteiger partial charge in [-0.25, -0.2) is 4.98 Å². The molecule has 1 aromatic heterocycles. The van der Waals surface area contributed by atoms with E-state index < -0.39 is 0 Å². The summed E-state index contributed by atoms with van der Waals surface area (Å²) in [5.41, 5.74) is 1.02. The third-order valence-corrected chi connectivity index (χ3v) is 2.21. The molecule has 0 aliphatic carbocycles. The number of aromatic nitrogens is 1. The smallest absolute Gasteiger partial charge is 0.305 e. The summed E-state index contributed by atoms with van der Waals surface area (Å²) in [7, 11) is 1.70. The predicted octanol–water partition coefficient (Wildman–Crippen LogP) is 1.37. The zero-order valence-electron chi connectivity index (χ0n) is 8.66. The first-order valence-electron chi connectivity index (χ1n) is 4.45. The molecule has 0 saturated carbocycles. The van der Waals surface area contributed by atoms with Crippen LogP contribution in [0.1, 0.15) is 12.5 Å². The van der Waals surface area contributed by atoms with Gasteiger partial charge < -0.3 is 5.32 Å². The Kier molecular flexibility index (Phi) is 4.07. The van der Waals surface area contributed by atoms with E-state index in [1.54, 1.807) is 19.3 Å². The summed E-state index contributed by atoms with van der Waals surface area (Å²) < 4.78 is 1.46. The largest absolute Gasteiger partial charge is 0.369 e. The Morgan fingerprint density at radius 1 is 1.67 bits per heavy atom. The van der Waals surface area contributed by atoms with Gasteiger partial charge in [0.2, 0.25) is 5.84 Å². The van der Waals surface area contributed by atoms with Crippen LogP contribution in [0.4, 0.5) is 0 Å².